The van der Waals surface area contributed by atoms with E-state index >= 15 is 0 Å². The van der Waals surface area contributed by atoms with E-state index in [-0.39, 0.29) is 11.6 Å². The molecule has 0 bridgehead atoms. The Hall–Kier alpha value is -6.33. The summed E-state index contributed by atoms with van der Waals surface area (Å²) in [5.41, 5.74) is 10.7. The van der Waals surface area contributed by atoms with Gasteiger partial charge >= 0.3 is 5.69 Å². The molecule has 0 amide bonds. The van der Waals surface area contributed by atoms with Crippen LogP contribution in [0.1, 0.15) is 22.9 Å². The molecule has 1 atom stereocenters. The fourth-order valence-electron chi connectivity index (χ4n) is 7.55. The molecule has 5 nitrogen and oxygen atoms in total. The Labute approximate surface area is 269 Å². The summed E-state index contributed by atoms with van der Waals surface area (Å²) in [7, 11) is 0. The highest BCUT2D eigenvalue weighted by Crippen LogP contribution is 2.48. The van der Waals surface area contributed by atoms with E-state index in [0.29, 0.717) is 11.5 Å². The fourth-order valence-corrected chi connectivity index (χ4v) is 7.55. The number of fused-ring (bicyclic) bond motifs is 9. The van der Waals surface area contributed by atoms with Gasteiger partial charge in [-0.25, -0.2) is 9.78 Å². The standard InChI is InChI=1S/C42H26N4O/c47-42-44-40(43-41-30-13-5-4-10-26(30)22-23-45(41)42)39-33-16-7-6-14-31(33)35-24-27(18-20-34(35)39)28-19-21-38-36(25-28)32-15-8-9-17-37(32)46(38)29-11-2-1-3-12-29/h1-25,39H. The van der Waals surface area contributed by atoms with Crippen molar-refractivity contribution in [3.05, 3.63) is 179 Å². The van der Waals surface area contributed by atoms with Gasteiger partial charge in [0.15, 0.2) is 5.65 Å². The lowest BCUT2D eigenvalue weighted by Gasteiger charge is -2.14. The number of aromatic nitrogens is 4. The number of para-hydroxylation sites is 2. The Kier molecular flexibility index (Phi) is 5.43. The molecule has 1 aliphatic rings. The summed E-state index contributed by atoms with van der Waals surface area (Å²) in [6.07, 6.45) is 1.76. The molecular weight excluding hydrogens is 576 g/mol. The molecule has 0 fully saturated rings. The number of hydrogen-bond donors (Lipinski definition) is 0. The zero-order valence-electron chi connectivity index (χ0n) is 25.2. The Bertz CT molecular complexity index is 2780. The van der Waals surface area contributed by atoms with Gasteiger partial charge in [-0.05, 0) is 81.2 Å². The van der Waals surface area contributed by atoms with Gasteiger partial charge in [0.2, 0.25) is 0 Å². The number of pyridine rings is 1. The molecule has 0 spiro atoms. The van der Waals surface area contributed by atoms with Crippen LogP contribution >= 0.6 is 0 Å². The van der Waals surface area contributed by atoms with Crippen LogP contribution in [0.25, 0.3) is 66.2 Å². The van der Waals surface area contributed by atoms with Crippen LogP contribution in [0, 0.1) is 0 Å². The van der Waals surface area contributed by atoms with Gasteiger partial charge in [-0.15, -0.1) is 0 Å². The quantitative estimate of drug-likeness (QED) is 0.190. The van der Waals surface area contributed by atoms with Gasteiger partial charge in [-0.1, -0.05) is 103 Å². The number of hydrogen-bond acceptors (Lipinski definition) is 3. The second-order valence-corrected chi connectivity index (χ2v) is 12.2. The van der Waals surface area contributed by atoms with Crippen molar-refractivity contribution in [3.63, 3.8) is 0 Å². The molecule has 3 aromatic heterocycles. The monoisotopic (exact) mass is 602 g/mol. The van der Waals surface area contributed by atoms with Crippen molar-refractivity contribution in [1.82, 2.24) is 18.9 Å². The van der Waals surface area contributed by atoms with Crippen LogP contribution in [0.15, 0.2) is 157 Å². The minimum atomic E-state index is -0.318. The predicted octanol–water partition coefficient (Wildman–Crippen LogP) is 9.17. The molecule has 47 heavy (non-hydrogen) atoms. The molecule has 1 aliphatic carbocycles. The van der Waals surface area contributed by atoms with E-state index in [1.165, 1.54) is 21.8 Å². The van der Waals surface area contributed by atoms with E-state index in [1.807, 2.05) is 30.3 Å². The maximum absolute atomic E-state index is 13.4. The molecule has 0 radical (unpaired) electrons. The first kappa shape index (κ1) is 25.9. The molecule has 10 rings (SSSR count). The molecule has 9 aromatic rings. The lowest BCUT2D eigenvalue weighted by Crippen LogP contribution is -2.22. The zero-order chi connectivity index (χ0) is 31.1. The minimum Gasteiger partial charge on any atom is -0.309 e. The van der Waals surface area contributed by atoms with Gasteiger partial charge in [0.05, 0.1) is 17.0 Å². The van der Waals surface area contributed by atoms with E-state index in [1.54, 1.807) is 10.6 Å². The van der Waals surface area contributed by atoms with E-state index in [4.69, 9.17) is 4.98 Å². The molecule has 220 valence electrons. The van der Waals surface area contributed by atoms with E-state index in [9.17, 15) is 4.79 Å². The topological polar surface area (TPSA) is 52.2 Å². The Morgan fingerprint density at radius 1 is 0.532 bits per heavy atom. The fraction of sp³-hybridized carbons (Fsp3) is 0.0238. The van der Waals surface area contributed by atoms with Crippen LogP contribution in [0.2, 0.25) is 0 Å². The van der Waals surface area contributed by atoms with Crippen molar-refractivity contribution in [2.45, 2.75) is 5.92 Å². The lowest BCUT2D eigenvalue weighted by atomic mass is 9.94. The average molecular weight is 603 g/mol. The Morgan fingerprint density at radius 3 is 2.15 bits per heavy atom. The molecule has 0 saturated carbocycles. The van der Waals surface area contributed by atoms with Crippen molar-refractivity contribution in [2.75, 3.05) is 0 Å². The first-order chi connectivity index (χ1) is 23.2. The summed E-state index contributed by atoms with van der Waals surface area (Å²) >= 11 is 0. The molecule has 0 saturated heterocycles. The van der Waals surface area contributed by atoms with Gasteiger partial charge in [-0.3, -0.25) is 4.40 Å². The number of rotatable bonds is 3. The predicted molar refractivity (Wildman–Crippen MR) is 189 cm³/mol. The summed E-state index contributed by atoms with van der Waals surface area (Å²) < 4.78 is 3.88. The molecule has 1 unspecified atom stereocenters. The first-order valence-corrected chi connectivity index (χ1v) is 15.8. The molecule has 5 heteroatoms. The van der Waals surface area contributed by atoms with Crippen LogP contribution in [0.3, 0.4) is 0 Å². The van der Waals surface area contributed by atoms with Crippen molar-refractivity contribution in [1.29, 1.82) is 0 Å². The first-order valence-electron chi connectivity index (χ1n) is 15.8. The summed E-state index contributed by atoms with van der Waals surface area (Å²) in [6.45, 7) is 0. The smallest absolute Gasteiger partial charge is 0.309 e. The molecule has 0 aliphatic heterocycles. The van der Waals surface area contributed by atoms with Crippen molar-refractivity contribution >= 4 is 38.2 Å². The highest BCUT2D eigenvalue weighted by Gasteiger charge is 2.32. The van der Waals surface area contributed by atoms with Crippen LogP contribution in [0.5, 0.6) is 0 Å². The van der Waals surface area contributed by atoms with Crippen LogP contribution < -0.4 is 5.69 Å². The minimum absolute atomic E-state index is 0.238. The number of nitrogens with zero attached hydrogens (tertiary/aromatic N) is 4. The third kappa shape index (κ3) is 3.80. The highest BCUT2D eigenvalue weighted by molar-refractivity contribution is 6.10. The lowest BCUT2D eigenvalue weighted by molar-refractivity contribution is 0.820. The van der Waals surface area contributed by atoms with Gasteiger partial charge in [0.25, 0.3) is 0 Å². The Morgan fingerprint density at radius 2 is 1.23 bits per heavy atom. The van der Waals surface area contributed by atoms with Gasteiger partial charge in [0.1, 0.15) is 5.82 Å². The third-order valence-corrected chi connectivity index (χ3v) is 9.67. The molecule has 3 heterocycles. The van der Waals surface area contributed by atoms with Gasteiger partial charge < -0.3 is 4.57 Å². The van der Waals surface area contributed by atoms with Crippen molar-refractivity contribution in [2.24, 2.45) is 0 Å². The summed E-state index contributed by atoms with van der Waals surface area (Å²) in [6, 6.07) is 51.0. The largest absolute Gasteiger partial charge is 0.355 e. The highest BCUT2D eigenvalue weighted by atomic mass is 16.1. The van der Waals surface area contributed by atoms with Crippen molar-refractivity contribution < 1.29 is 0 Å². The molecule has 0 N–H and O–H groups in total. The summed E-state index contributed by atoms with van der Waals surface area (Å²) in [5, 5.41) is 4.42. The van der Waals surface area contributed by atoms with Gasteiger partial charge in [0, 0.05) is 28.0 Å². The number of benzene rings is 6. The third-order valence-electron chi connectivity index (χ3n) is 9.67. The zero-order valence-corrected chi connectivity index (χ0v) is 25.2. The maximum Gasteiger partial charge on any atom is 0.355 e. The van der Waals surface area contributed by atoms with Gasteiger partial charge in [-0.2, -0.15) is 4.98 Å². The van der Waals surface area contributed by atoms with Crippen molar-refractivity contribution in [3.8, 4) is 27.9 Å². The normalized spacial score (nSPS) is 13.8. The second kappa shape index (κ2) is 9.83. The molecule has 6 aromatic carbocycles. The molecular formula is C42H26N4O. The SMILES string of the molecule is O=c1nc(C2c3ccccc3-c3cc(-c4ccc5c(c4)c4ccccc4n5-c4ccccc4)ccc32)nc2c3ccccc3ccn12. The van der Waals surface area contributed by atoms with E-state index < -0.39 is 0 Å². The summed E-state index contributed by atoms with van der Waals surface area (Å²) in [4.78, 5) is 23.0. The van der Waals surface area contributed by atoms with Crippen LogP contribution in [-0.2, 0) is 0 Å². The summed E-state index contributed by atoms with van der Waals surface area (Å²) in [5.74, 6) is 0.290. The van der Waals surface area contributed by atoms with E-state index in [2.05, 4.69) is 125 Å². The van der Waals surface area contributed by atoms with Crippen LogP contribution in [-0.4, -0.2) is 18.9 Å². The maximum atomic E-state index is 13.4. The average Bonchev–Trinajstić information content (AvgIpc) is 3.64. The van der Waals surface area contributed by atoms with E-state index in [0.717, 1.165) is 49.8 Å². The second-order valence-electron chi connectivity index (χ2n) is 12.2. The van der Waals surface area contributed by atoms with Crippen LogP contribution in [0.4, 0.5) is 0 Å². The Balaban J connectivity index is 1.15.